The van der Waals surface area contributed by atoms with Crippen LogP contribution >= 0.6 is 0 Å². The van der Waals surface area contributed by atoms with Crippen molar-refractivity contribution in [3.05, 3.63) is 0 Å². The molecule has 0 aromatic rings. The molecule has 0 bridgehead atoms. The van der Waals surface area contributed by atoms with E-state index in [2.05, 4.69) is 12.2 Å². The topological polar surface area (TPSA) is 69.6 Å². The first-order valence-electron chi connectivity index (χ1n) is 7.29. The molecular weight excluding hydrogens is 244 g/mol. The van der Waals surface area contributed by atoms with Gasteiger partial charge in [0, 0.05) is 13.1 Å². The summed E-state index contributed by atoms with van der Waals surface area (Å²) in [7, 11) is 0. The van der Waals surface area contributed by atoms with Crippen LogP contribution in [0.5, 0.6) is 0 Å². The van der Waals surface area contributed by atoms with E-state index < -0.39 is 12.0 Å². The van der Waals surface area contributed by atoms with Crippen molar-refractivity contribution in [2.45, 2.75) is 57.9 Å². The second kappa shape index (κ2) is 5.80. The summed E-state index contributed by atoms with van der Waals surface area (Å²) in [5.41, 5.74) is 0.199. The van der Waals surface area contributed by atoms with Crippen molar-refractivity contribution in [2.24, 2.45) is 5.41 Å². The number of carbonyl (C=O) groups excluding carboxylic acids is 1. The maximum atomic E-state index is 12.2. The Bertz CT molecular complexity index is 351. The lowest BCUT2D eigenvalue weighted by atomic mass is 9.89. The van der Waals surface area contributed by atoms with Crippen LogP contribution in [-0.4, -0.2) is 41.1 Å². The van der Waals surface area contributed by atoms with Crippen molar-refractivity contribution in [3.8, 4) is 0 Å². The van der Waals surface area contributed by atoms with Crippen molar-refractivity contribution in [3.63, 3.8) is 0 Å². The zero-order valence-corrected chi connectivity index (χ0v) is 11.7. The molecule has 2 N–H and O–H groups in total. The Morgan fingerprint density at radius 3 is 2.58 bits per heavy atom. The minimum absolute atomic E-state index is 0.199. The summed E-state index contributed by atoms with van der Waals surface area (Å²) in [5, 5.41) is 12.1. The third kappa shape index (κ3) is 3.39. The van der Waals surface area contributed by atoms with Crippen LogP contribution in [-0.2, 0) is 4.79 Å². The SMILES string of the molecule is CC1(CNC(=O)N2CCCCC2C(=O)O)CCCC1. The van der Waals surface area contributed by atoms with Gasteiger partial charge in [0.25, 0.3) is 0 Å². The number of carboxylic acid groups (broad SMARTS) is 1. The first-order valence-corrected chi connectivity index (χ1v) is 7.29. The summed E-state index contributed by atoms with van der Waals surface area (Å²) in [4.78, 5) is 24.8. The Labute approximate surface area is 114 Å². The van der Waals surface area contributed by atoms with Crippen molar-refractivity contribution in [1.82, 2.24) is 10.2 Å². The maximum absolute atomic E-state index is 12.2. The van der Waals surface area contributed by atoms with E-state index >= 15 is 0 Å². The fourth-order valence-corrected chi connectivity index (χ4v) is 3.23. The van der Waals surface area contributed by atoms with Gasteiger partial charge in [-0.25, -0.2) is 9.59 Å². The van der Waals surface area contributed by atoms with Gasteiger partial charge in [-0.2, -0.15) is 0 Å². The van der Waals surface area contributed by atoms with Crippen LogP contribution in [0.4, 0.5) is 4.79 Å². The van der Waals surface area contributed by atoms with Gasteiger partial charge in [0.1, 0.15) is 6.04 Å². The highest BCUT2D eigenvalue weighted by Gasteiger charge is 2.34. The second-order valence-corrected chi connectivity index (χ2v) is 6.22. The van der Waals surface area contributed by atoms with Crippen LogP contribution in [0.15, 0.2) is 0 Å². The number of carboxylic acids is 1. The Balaban J connectivity index is 1.89. The molecule has 1 saturated carbocycles. The number of nitrogens with zero attached hydrogens (tertiary/aromatic N) is 1. The number of hydrogen-bond acceptors (Lipinski definition) is 2. The molecule has 5 heteroatoms. The monoisotopic (exact) mass is 268 g/mol. The Hall–Kier alpha value is -1.26. The van der Waals surface area contributed by atoms with E-state index in [-0.39, 0.29) is 11.4 Å². The fourth-order valence-electron chi connectivity index (χ4n) is 3.23. The quantitative estimate of drug-likeness (QED) is 0.824. The van der Waals surface area contributed by atoms with Gasteiger partial charge in [0.2, 0.25) is 0 Å². The largest absolute Gasteiger partial charge is 0.480 e. The van der Waals surface area contributed by atoms with Gasteiger partial charge in [0.05, 0.1) is 0 Å². The summed E-state index contributed by atoms with van der Waals surface area (Å²) in [6.07, 6.45) is 7.11. The Morgan fingerprint density at radius 2 is 1.95 bits per heavy atom. The van der Waals surface area contributed by atoms with Gasteiger partial charge in [-0.3, -0.25) is 0 Å². The number of aliphatic carboxylic acids is 1. The molecule has 2 amide bonds. The molecule has 1 aliphatic carbocycles. The highest BCUT2D eigenvalue weighted by atomic mass is 16.4. The van der Waals surface area contributed by atoms with E-state index in [1.165, 1.54) is 17.7 Å². The first-order chi connectivity index (χ1) is 9.02. The summed E-state index contributed by atoms with van der Waals surface area (Å²) in [5.74, 6) is -0.887. The lowest BCUT2D eigenvalue weighted by Crippen LogP contribution is -2.53. The van der Waals surface area contributed by atoms with Crippen molar-refractivity contribution in [2.75, 3.05) is 13.1 Å². The molecule has 2 rings (SSSR count). The first kappa shape index (κ1) is 14.2. The van der Waals surface area contributed by atoms with E-state index in [4.69, 9.17) is 5.11 Å². The number of urea groups is 1. The molecular formula is C14H24N2O3. The van der Waals surface area contributed by atoms with Gasteiger partial charge in [-0.15, -0.1) is 0 Å². The van der Waals surface area contributed by atoms with Gasteiger partial charge in [-0.05, 0) is 37.5 Å². The van der Waals surface area contributed by atoms with E-state index in [9.17, 15) is 9.59 Å². The van der Waals surface area contributed by atoms with Crippen LogP contribution in [0.2, 0.25) is 0 Å². The summed E-state index contributed by atoms with van der Waals surface area (Å²) < 4.78 is 0. The molecule has 0 aromatic carbocycles. The number of amides is 2. The number of rotatable bonds is 3. The van der Waals surface area contributed by atoms with E-state index in [1.807, 2.05) is 0 Å². The molecule has 2 aliphatic rings. The zero-order valence-electron chi connectivity index (χ0n) is 11.7. The van der Waals surface area contributed by atoms with Gasteiger partial charge >= 0.3 is 12.0 Å². The van der Waals surface area contributed by atoms with Crippen LogP contribution in [0.3, 0.4) is 0 Å². The van der Waals surface area contributed by atoms with Crippen molar-refractivity contribution >= 4 is 12.0 Å². The number of carbonyl (C=O) groups is 2. The van der Waals surface area contributed by atoms with Gasteiger partial charge < -0.3 is 15.3 Å². The molecule has 108 valence electrons. The van der Waals surface area contributed by atoms with Crippen LogP contribution in [0, 0.1) is 5.41 Å². The highest BCUT2D eigenvalue weighted by molar-refractivity contribution is 5.82. The molecule has 19 heavy (non-hydrogen) atoms. The van der Waals surface area contributed by atoms with Crippen molar-refractivity contribution in [1.29, 1.82) is 0 Å². The van der Waals surface area contributed by atoms with Crippen LogP contribution in [0.25, 0.3) is 0 Å². The van der Waals surface area contributed by atoms with Gasteiger partial charge in [-0.1, -0.05) is 19.8 Å². The van der Waals surface area contributed by atoms with Crippen LogP contribution < -0.4 is 5.32 Å². The highest BCUT2D eigenvalue weighted by Crippen LogP contribution is 2.36. The molecule has 1 atom stereocenters. The average Bonchev–Trinajstić information content (AvgIpc) is 2.83. The molecule has 1 saturated heterocycles. The normalized spacial score (nSPS) is 26.2. The third-order valence-corrected chi connectivity index (χ3v) is 4.53. The van der Waals surface area contributed by atoms with Gasteiger partial charge in [0.15, 0.2) is 0 Å². The minimum Gasteiger partial charge on any atom is -0.480 e. The molecule has 1 aliphatic heterocycles. The minimum atomic E-state index is -0.887. The van der Waals surface area contributed by atoms with E-state index in [0.29, 0.717) is 19.5 Å². The third-order valence-electron chi connectivity index (χ3n) is 4.53. The molecule has 1 heterocycles. The average molecular weight is 268 g/mol. The molecule has 0 radical (unpaired) electrons. The summed E-state index contributed by atoms with van der Waals surface area (Å²) in [6, 6.07) is -0.856. The smallest absolute Gasteiger partial charge is 0.326 e. The number of likely N-dealkylation sites (tertiary alicyclic amines) is 1. The molecule has 0 spiro atoms. The predicted octanol–water partition coefficient (Wildman–Crippen LogP) is 2.22. The fraction of sp³-hybridized carbons (Fsp3) is 0.857. The summed E-state index contributed by atoms with van der Waals surface area (Å²) in [6.45, 7) is 3.42. The van der Waals surface area contributed by atoms with Crippen LogP contribution in [0.1, 0.15) is 51.9 Å². The summed E-state index contributed by atoms with van der Waals surface area (Å²) >= 11 is 0. The van der Waals surface area contributed by atoms with E-state index in [0.717, 1.165) is 25.7 Å². The second-order valence-electron chi connectivity index (χ2n) is 6.22. The van der Waals surface area contributed by atoms with E-state index in [1.54, 1.807) is 0 Å². The Kier molecular flexibility index (Phi) is 4.32. The number of piperidine rings is 1. The molecule has 5 nitrogen and oxygen atoms in total. The standard InChI is InChI=1S/C14H24N2O3/c1-14(7-3-4-8-14)10-15-13(19)16-9-5-2-6-11(16)12(17)18/h11H,2-10H2,1H3,(H,15,19)(H,17,18). The number of hydrogen-bond donors (Lipinski definition) is 2. The molecule has 1 unspecified atom stereocenters. The lowest BCUT2D eigenvalue weighted by Gasteiger charge is -2.34. The molecule has 2 fully saturated rings. The van der Waals surface area contributed by atoms with Crippen molar-refractivity contribution < 1.29 is 14.7 Å². The Morgan fingerprint density at radius 1 is 1.26 bits per heavy atom. The molecule has 0 aromatic heterocycles. The number of nitrogens with one attached hydrogen (secondary N) is 1. The zero-order chi connectivity index (χ0) is 13.9. The maximum Gasteiger partial charge on any atom is 0.326 e. The predicted molar refractivity (Wildman–Crippen MR) is 72.0 cm³/mol. The lowest BCUT2D eigenvalue weighted by molar-refractivity contribution is -0.143.